The number of allylic oxidation sites excluding steroid dienone is 8. The Morgan fingerprint density at radius 2 is 1.14 bits per heavy atom. The Kier molecular flexibility index (Phi) is 33.5. The summed E-state index contributed by atoms with van der Waals surface area (Å²) >= 11 is 0. The number of hydrogen-bond acceptors (Lipinski definition) is 10. The molecule has 0 saturated carbocycles. The Bertz CT molecular complexity index is 1010. The molecule has 1 unspecified atom stereocenters. The van der Waals surface area contributed by atoms with Crippen LogP contribution in [0, 0.1) is 5.92 Å². The molecule has 0 aliphatic heterocycles. The zero-order chi connectivity index (χ0) is 37.8. The molecule has 11 nitrogen and oxygen atoms in total. The molecule has 0 heterocycles. The van der Waals surface area contributed by atoms with Crippen molar-refractivity contribution < 1.29 is 52.9 Å². The number of aliphatic hydroxyl groups is 3. The van der Waals surface area contributed by atoms with Gasteiger partial charge >= 0.3 is 19.8 Å². The Labute approximate surface area is 307 Å². The van der Waals surface area contributed by atoms with Crippen molar-refractivity contribution in [3.05, 3.63) is 48.6 Å². The van der Waals surface area contributed by atoms with Crippen LogP contribution in [0.4, 0.5) is 0 Å². The van der Waals surface area contributed by atoms with Gasteiger partial charge in [-0.25, -0.2) is 4.57 Å². The van der Waals surface area contributed by atoms with Crippen molar-refractivity contribution in [2.75, 3.05) is 33.0 Å². The lowest BCUT2D eigenvalue weighted by molar-refractivity contribution is -0.161. The molecule has 0 rings (SSSR count). The highest BCUT2D eigenvalue weighted by Crippen LogP contribution is 2.43. The standard InChI is InChI=1S/C39H69O11P/c1-35(2)27-23-19-15-14-17-21-25-29-39(44)50-37(34-49-51(45,46)48-32-36(42)31-41)33-47-38(43)28-24-20-16-12-10-8-6-4-3-5-7-9-11-13-18-22-26-30-40/h3,5-6,8-9,11-12,16,35-37,40-42H,4,7,10,13-15,17-34H2,1-2H3,(H,45,46)/b5-3-,8-6-,11-9-,16-12-/t36-,37+/m0/s1. The van der Waals surface area contributed by atoms with E-state index in [1.54, 1.807) is 0 Å². The first kappa shape index (κ1) is 48.9. The molecule has 0 aromatic heterocycles. The van der Waals surface area contributed by atoms with Gasteiger partial charge in [-0.05, 0) is 63.7 Å². The fourth-order valence-corrected chi connectivity index (χ4v) is 5.53. The Morgan fingerprint density at radius 3 is 1.73 bits per heavy atom. The average molecular weight is 745 g/mol. The van der Waals surface area contributed by atoms with E-state index in [-0.39, 0.29) is 26.1 Å². The van der Waals surface area contributed by atoms with Gasteiger partial charge in [0, 0.05) is 19.4 Å². The molecule has 51 heavy (non-hydrogen) atoms. The van der Waals surface area contributed by atoms with Gasteiger partial charge in [0.15, 0.2) is 6.10 Å². The van der Waals surface area contributed by atoms with E-state index in [1.165, 1.54) is 25.7 Å². The fraction of sp³-hybridized carbons (Fsp3) is 0.744. The maximum Gasteiger partial charge on any atom is 0.472 e. The highest BCUT2D eigenvalue weighted by molar-refractivity contribution is 7.47. The van der Waals surface area contributed by atoms with Gasteiger partial charge in [0.05, 0.1) is 19.8 Å². The monoisotopic (exact) mass is 744 g/mol. The van der Waals surface area contributed by atoms with Crippen molar-refractivity contribution >= 4 is 19.8 Å². The first-order valence-electron chi connectivity index (χ1n) is 19.1. The molecule has 0 amide bonds. The second-order valence-electron chi connectivity index (χ2n) is 13.2. The van der Waals surface area contributed by atoms with Gasteiger partial charge in [-0.1, -0.05) is 114 Å². The SMILES string of the molecule is CC(C)CCCCCCCCCC(=O)O[C@H](COC(=O)CCC/C=C\C/C=C\C/C=C\C/C=C\CCCCCO)COP(=O)(O)OC[C@@H](O)CO. The van der Waals surface area contributed by atoms with Crippen LogP contribution in [-0.2, 0) is 32.7 Å². The van der Waals surface area contributed by atoms with E-state index in [0.717, 1.165) is 70.1 Å². The van der Waals surface area contributed by atoms with Crippen LogP contribution >= 0.6 is 7.82 Å². The van der Waals surface area contributed by atoms with Crippen LogP contribution in [0.1, 0.15) is 136 Å². The van der Waals surface area contributed by atoms with Gasteiger partial charge in [0.2, 0.25) is 0 Å². The van der Waals surface area contributed by atoms with Gasteiger partial charge in [-0.3, -0.25) is 18.6 Å². The van der Waals surface area contributed by atoms with Crippen molar-refractivity contribution in [3.8, 4) is 0 Å². The van der Waals surface area contributed by atoms with Crippen LogP contribution in [0.25, 0.3) is 0 Å². The molecular weight excluding hydrogens is 675 g/mol. The minimum Gasteiger partial charge on any atom is -0.462 e. The third-order valence-corrected chi connectivity index (χ3v) is 8.67. The second-order valence-corrected chi connectivity index (χ2v) is 14.6. The van der Waals surface area contributed by atoms with Crippen LogP contribution in [0.3, 0.4) is 0 Å². The van der Waals surface area contributed by atoms with Crippen molar-refractivity contribution in [1.29, 1.82) is 0 Å². The van der Waals surface area contributed by atoms with Gasteiger partial charge in [-0.15, -0.1) is 0 Å². The molecule has 0 saturated heterocycles. The molecule has 0 aliphatic rings. The number of rotatable bonds is 35. The van der Waals surface area contributed by atoms with Gasteiger partial charge in [0.25, 0.3) is 0 Å². The van der Waals surface area contributed by atoms with Crippen LogP contribution in [0.5, 0.6) is 0 Å². The smallest absolute Gasteiger partial charge is 0.462 e. The minimum absolute atomic E-state index is 0.154. The summed E-state index contributed by atoms with van der Waals surface area (Å²) in [5, 5.41) is 27.0. The van der Waals surface area contributed by atoms with Crippen LogP contribution in [0.2, 0.25) is 0 Å². The molecule has 4 N–H and O–H groups in total. The quantitative estimate of drug-likeness (QED) is 0.0214. The third-order valence-electron chi connectivity index (χ3n) is 7.72. The van der Waals surface area contributed by atoms with E-state index >= 15 is 0 Å². The number of ether oxygens (including phenoxy) is 2. The summed E-state index contributed by atoms with van der Waals surface area (Å²) in [5.41, 5.74) is 0. The molecule has 0 aliphatic carbocycles. The zero-order valence-corrected chi connectivity index (χ0v) is 32.3. The summed E-state index contributed by atoms with van der Waals surface area (Å²) in [7, 11) is -4.63. The van der Waals surface area contributed by atoms with Crippen LogP contribution < -0.4 is 0 Å². The van der Waals surface area contributed by atoms with E-state index in [4.69, 9.17) is 24.2 Å². The first-order chi connectivity index (χ1) is 24.6. The number of phosphoric acid groups is 1. The zero-order valence-electron chi connectivity index (χ0n) is 31.4. The lowest BCUT2D eigenvalue weighted by Gasteiger charge is -2.20. The van der Waals surface area contributed by atoms with E-state index in [2.05, 4.69) is 54.8 Å². The van der Waals surface area contributed by atoms with E-state index < -0.39 is 51.8 Å². The predicted octanol–water partition coefficient (Wildman–Crippen LogP) is 8.21. The third kappa shape index (κ3) is 36.1. The second kappa shape index (κ2) is 34.9. The lowest BCUT2D eigenvalue weighted by atomic mass is 10.0. The topological polar surface area (TPSA) is 169 Å². The van der Waals surface area contributed by atoms with Gasteiger partial charge < -0.3 is 29.7 Å². The lowest BCUT2D eigenvalue weighted by Crippen LogP contribution is -2.29. The largest absolute Gasteiger partial charge is 0.472 e. The number of esters is 2. The summed E-state index contributed by atoms with van der Waals surface area (Å²) in [6.45, 7) is 2.53. The van der Waals surface area contributed by atoms with Crippen molar-refractivity contribution in [2.45, 2.75) is 148 Å². The van der Waals surface area contributed by atoms with Crippen molar-refractivity contribution in [3.63, 3.8) is 0 Å². The molecule has 0 fully saturated rings. The number of carbonyl (C=O) groups is 2. The number of carbonyl (C=O) groups excluding carboxylic acids is 2. The normalized spacial score (nSPS) is 14.6. The summed E-state index contributed by atoms with van der Waals surface area (Å²) in [4.78, 5) is 34.7. The maximum absolute atomic E-state index is 12.5. The van der Waals surface area contributed by atoms with E-state index in [9.17, 15) is 24.2 Å². The van der Waals surface area contributed by atoms with Crippen LogP contribution in [-0.4, -0.2) is 77.4 Å². The van der Waals surface area contributed by atoms with Crippen molar-refractivity contribution in [2.24, 2.45) is 5.92 Å². The summed E-state index contributed by atoms with van der Waals surface area (Å²) in [6.07, 6.45) is 31.3. The fourth-order valence-electron chi connectivity index (χ4n) is 4.74. The average Bonchev–Trinajstić information content (AvgIpc) is 3.10. The molecule has 0 bridgehead atoms. The molecule has 3 atom stereocenters. The maximum atomic E-state index is 12.5. The number of aliphatic hydroxyl groups excluding tert-OH is 3. The summed E-state index contributed by atoms with van der Waals surface area (Å²) < 4.78 is 32.5. The molecule has 0 aromatic carbocycles. The number of unbranched alkanes of at least 4 members (excludes halogenated alkanes) is 10. The number of phosphoric ester groups is 1. The first-order valence-corrected chi connectivity index (χ1v) is 20.6. The van der Waals surface area contributed by atoms with Gasteiger partial charge in [-0.2, -0.15) is 0 Å². The molecule has 296 valence electrons. The Balaban J connectivity index is 4.43. The number of hydrogen-bond donors (Lipinski definition) is 4. The molecular formula is C39H69O11P. The minimum atomic E-state index is -4.63. The summed E-state index contributed by atoms with van der Waals surface area (Å²) in [5.74, 6) is -0.284. The van der Waals surface area contributed by atoms with E-state index in [0.29, 0.717) is 19.3 Å². The molecule has 0 radical (unpaired) electrons. The summed E-state index contributed by atoms with van der Waals surface area (Å²) in [6, 6.07) is 0. The van der Waals surface area contributed by atoms with Gasteiger partial charge in [0.1, 0.15) is 12.7 Å². The van der Waals surface area contributed by atoms with E-state index in [1.807, 2.05) is 12.2 Å². The molecule has 0 aromatic rings. The molecule has 0 spiro atoms. The Hall–Kier alpha value is -2.11. The molecule has 12 heteroatoms. The Morgan fingerprint density at radius 1 is 0.627 bits per heavy atom. The van der Waals surface area contributed by atoms with Crippen molar-refractivity contribution in [1.82, 2.24) is 0 Å². The van der Waals surface area contributed by atoms with Crippen LogP contribution in [0.15, 0.2) is 48.6 Å². The predicted molar refractivity (Wildman–Crippen MR) is 202 cm³/mol. The highest BCUT2D eigenvalue weighted by Gasteiger charge is 2.27. The highest BCUT2D eigenvalue weighted by atomic mass is 31.2.